The van der Waals surface area contributed by atoms with Gasteiger partial charge in [0.25, 0.3) is 0 Å². The molecule has 0 saturated carbocycles. The van der Waals surface area contributed by atoms with Crippen LogP contribution in [0.4, 0.5) is 0 Å². The van der Waals surface area contributed by atoms with Gasteiger partial charge in [0.15, 0.2) is 5.89 Å². The quantitative estimate of drug-likeness (QED) is 0.118. The van der Waals surface area contributed by atoms with Crippen molar-refractivity contribution in [3.8, 4) is 85.6 Å². The fourth-order valence-electron chi connectivity index (χ4n) is 18.3. The maximum absolute atomic E-state index is 6.25. The molecule has 5 radical (unpaired) electrons. The van der Waals surface area contributed by atoms with Crippen LogP contribution in [0.5, 0.6) is 0 Å². The molecule has 0 saturated heterocycles. The number of imidazole rings is 5. The van der Waals surface area contributed by atoms with Crippen molar-refractivity contribution >= 4 is 129 Å². The van der Waals surface area contributed by atoms with Crippen molar-refractivity contribution in [2.24, 2.45) is 0 Å². The normalized spacial score (nSPS) is 11.1. The second-order valence-electron chi connectivity index (χ2n) is 33.8. The van der Waals surface area contributed by atoms with Gasteiger partial charge in [-0.1, -0.05) is 122 Å². The Hall–Kier alpha value is -11.8. The molecule has 137 heavy (non-hydrogen) atoms. The average molecular weight is 2740 g/mol. The number of para-hydroxylation sites is 1. The van der Waals surface area contributed by atoms with Crippen LogP contribution in [0, 0.1) is 155 Å². The molecule has 24 rings (SSSR count). The second-order valence-corrected chi connectivity index (χ2v) is 37.3. The van der Waals surface area contributed by atoms with E-state index < -0.39 is 0 Å². The van der Waals surface area contributed by atoms with Crippen LogP contribution in [-0.2, 0) is 101 Å². The van der Waals surface area contributed by atoms with Gasteiger partial charge in [-0.15, -0.1) is 102 Å². The van der Waals surface area contributed by atoms with Crippen molar-refractivity contribution in [3.05, 3.63) is 356 Å². The van der Waals surface area contributed by atoms with Crippen LogP contribution in [0.15, 0.2) is 243 Å². The zero-order chi connectivity index (χ0) is 91.3. The van der Waals surface area contributed by atoms with Crippen LogP contribution in [0.1, 0.15) is 99.9 Å². The maximum atomic E-state index is 6.25. The summed E-state index contributed by atoms with van der Waals surface area (Å²) in [6.45, 7) is 37.5. The standard InChI is InChI=1S/2C25H18N3OS.C22H21N2O.C21H19N2O.C18H15N4S.5Ir/c1-14-15(2)28(25(26-14)20-8-6-9-21-24(20)29-16(3)27-21)17-11-12-19-18-7-4-5-10-22(18)30-23(19)13-17;1-14-13-19-17-7-4-5-10-21(17)29-23(19)15(2)22(14)28-12-11-26-25(28)18-8-6-9-20-24(18)30-16(3)27-20;1-13-11-14(2)20(15(3)12-13)24-10-9-23-22(24)19-8-6-7-18-16(4)17(5)25-21(18)19;1-13-10-14(2)19(15(3)11-13)23-9-8-22-21(23)18-7-5-6-17-12-16(4)24-20(17)18;1-11-9-20-18(21-10-11)22-8-7-19-17(22)15-6-4-5-14-12(2)13(3)23-16(14)15;;;;;/h2*4-7,9-13H,1-3H3;6-7,9-12H,1-5H3;5-6,8-12H,1-4H3;4-5,7-10H,1-3H3;;;;;/q5*-1;;;;;. The molecule has 13 heterocycles. The summed E-state index contributed by atoms with van der Waals surface area (Å²) in [7, 11) is 0. The molecule has 0 aliphatic carbocycles. The number of thiazole rings is 1. The van der Waals surface area contributed by atoms with E-state index in [0.29, 0.717) is 11.8 Å². The Balaban J connectivity index is 0.000000129. The van der Waals surface area contributed by atoms with E-state index in [-0.39, 0.29) is 101 Å². The van der Waals surface area contributed by atoms with Gasteiger partial charge in [0.1, 0.15) is 11.2 Å². The average Bonchev–Trinajstić information content (AvgIpc) is 1.60. The number of rotatable bonds is 10. The number of oxazole rings is 1. The van der Waals surface area contributed by atoms with Crippen LogP contribution in [0.25, 0.3) is 181 Å². The Morgan fingerprint density at radius 1 is 0.336 bits per heavy atom. The van der Waals surface area contributed by atoms with E-state index in [0.717, 1.165) is 173 Å². The summed E-state index contributed by atoms with van der Waals surface area (Å²) in [6, 6.07) is 73.0. The molecule has 18 nitrogen and oxygen atoms in total. The number of hydrogen-bond donors (Lipinski definition) is 0. The number of furan rings is 3. The first kappa shape index (κ1) is 99.7. The van der Waals surface area contributed by atoms with E-state index in [1.165, 1.54) is 96.6 Å². The minimum atomic E-state index is 0. The van der Waals surface area contributed by atoms with Crippen molar-refractivity contribution in [3.63, 3.8) is 0 Å². The van der Waals surface area contributed by atoms with E-state index in [1.54, 1.807) is 28.9 Å². The second kappa shape index (κ2) is 41.1. The first-order chi connectivity index (χ1) is 63.9. The third-order valence-electron chi connectivity index (χ3n) is 24.5. The molecule has 26 heteroatoms. The van der Waals surface area contributed by atoms with Gasteiger partial charge in [-0.25, -0.2) is 15.0 Å². The van der Waals surface area contributed by atoms with E-state index >= 15 is 0 Å². The first-order valence-corrected chi connectivity index (χ1v) is 46.1. The molecule has 0 aliphatic heterocycles. The maximum Gasteiger partial charge on any atom is 0.226 e. The van der Waals surface area contributed by atoms with Crippen molar-refractivity contribution in [2.75, 3.05) is 0 Å². The molecule has 13 aromatic heterocycles. The summed E-state index contributed by atoms with van der Waals surface area (Å²) in [6.07, 6.45) is 18.8. The SMILES string of the molecule is Cc1cc(C)c(-n2ccnc2-c2[c-]ccc3c(C)c(C)oc23)c(C)c1.Cc1cc(C)c(-n2ccnc2-c2[c-]ccc3cc(C)oc23)c(C)c1.Cc1cnc(-n2ccnc2-c2[c-]ccc3c(C)c(C)sc23)nc1.Cc1nc2cc[c-]c(-c3nc(C)c(C)n3-c3ccc4c(c3)sc3ccccc34)c2o1.Cc1nc2cc[c-]c(-c3nccn3-c3c(C)cc4c(oc5ccccc54)c3C)c2s1.[Ir].[Ir].[Ir].[Ir].[Ir]. The third kappa shape index (κ3) is 18.7. The summed E-state index contributed by atoms with van der Waals surface area (Å²) in [5, 5.41) is 9.40. The minimum absolute atomic E-state index is 0. The van der Waals surface area contributed by atoms with Crippen LogP contribution in [0.3, 0.4) is 0 Å². The molecule has 24 aromatic rings. The molecule has 0 spiro atoms. The van der Waals surface area contributed by atoms with Gasteiger partial charge >= 0.3 is 0 Å². The van der Waals surface area contributed by atoms with E-state index in [9.17, 15) is 0 Å². The number of thiophene rings is 2. The monoisotopic (exact) mass is 2740 g/mol. The summed E-state index contributed by atoms with van der Waals surface area (Å²) >= 11 is 5.29. The van der Waals surface area contributed by atoms with E-state index in [4.69, 9.17) is 27.6 Å². The largest absolute Gasteiger partial charge is 0.505 e. The molecule has 11 aromatic carbocycles. The van der Waals surface area contributed by atoms with Crippen molar-refractivity contribution in [2.45, 2.75) is 125 Å². The van der Waals surface area contributed by atoms with Gasteiger partial charge in [0.2, 0.25) is 5.95 Å². The van der Waals surface area contributed by atoms with Crippen LogP contribution in [0.2, 0.25) is 0 Å². The number of aromatic nitrogens is 14. The smallest absolute Gasteiger partial charge is 0.226 e. The Labute approximate surface area is 873 Å². The zero-order valence-electron chi connectivity index (χ0n) is 78.1. The number of hydrogen-bond acceptors (Lipinski definition) is 16. The van der Waals surface area contributed by atoms with Gasteiger partial charge in [0, 0.05) is 246 Å². The molecular weight excluding hydrogens is 2650 g/mol. The van der Waals surface area contributed by atoms with Gasteiger partial charge in [-0.05, 0) is 218 Å². The molecule has 0 bridgehead atoms. The third-order valence-corrected chi connectivity index (χ3v) is 27.9. The molecule has 0 fully saturated rings. The summed E-state index contributed by atoms with van der Waals surface area (Å²) in [5.74, 6) is 7.32. The Bertz CT molecular complexity index is 8600. The molecule has 0 aliphatic rings. The molecule has 697 valence electrons. The number of benzene rings is 11. The predicted molar refractivity (Wildman–Crippen MR) is 536 cm³/mol. The fourth-order valence-corrected chi connectivity index (χ4v) is 21.5. The van der Waals surface area contributed by atoms with Gasteiger partial charge in [-0.3, -0.25) is 29.9 Å². The Morgan fingerprint density at radius 3 is 1.50 bits per heavy atom. The topological polar surface area (TPSA) is 193 Å². The summed E-state index contributed by atoms with van der Waals surface area (Å²) < 4.78 is 39.5. The predicted octanol–water partition coefficient (Wildman–Crippen LogP) is 28.8. The Morgan fingerprint density at radius 2 is 0.854 bits per heavy atom. The minimum Gasteiger partial charge on any atom is -0.505 e. The van der Waals surface area contributed by atoms with Gasteiger partial charge < -0.3 is 40.5 Å². The van der Waals surface area contributed by atoms with Crippen LogP contribution in [-0.4, -0.2) is 67.7 Å². The summed E-state index contributed by atoms with van der Waals surface area (Å²) in [5.41, 5.74) is 30.6. The van der Waals surface area contributed by atoms with Crippen molar-refractivity contribution in [1.29, 1.82) is 0 Å². The number of aryl methyl sites for hydroxylation is 17. The number of fused-ring (bicyclic) bond motifs is 11. The van der Waals surface area contributed by atoms with E-state index in [1.807, 2.05) is 180 Å². The first-order valence-electron chi connectivity index (χ1n) is 43.7. The zero-order valence-corrected chi connectivity index (χ0v) is 92.6. The molecule has 0 amide bonds. The van der Waals surface area contributed by atoms with Gasteiger partial charge in [0.05, 0.1) is 62.4 Å². The van der Waals surface area contributed by atoms with Crippen molar-refractivity contribution in [1.82, 2.24) is 67.7 Å². The summed E-state index contributed by atoms with van der Waals surface area (Å²) in [4.78, 5) is 42.6. The van der Waals surface area contributed by atoms with Crippen LogP contribution < -0.4 is 0 Å². The fraction of sp³-hybridized carbons (Fsp3) is 0.162. The molecule has 0 unspecified atom stereocenters. The molecule has 0 N–H and O–H groups in total. The number of nitrogens with zero attached hydrogens (tertiary/aromatic N) is 14. The Kier molecular flexibility index (Phi) is 29.9. The van der Waals surface area contributed by atoms with E-state index in [2.05, 4.69) is 264 Å². The molecular formula is C111H91Ir5N14O4S3-5. The van der Waals surface area contributed by atoms with Gasteiger partial charge in [-0.2, -0.15) is 22.7 Å². The molecule has 0 atom stereocenters. The van der Waals surface area contributed by atoms with Crippen LogP contribution >= 0.6 is 34.0 Å². The van der Waals surface area contributed by atoms with Crippen molar-refractivity contribution < 1.29 is 118 Å².